The molecular weight excluding hydrogens is 355 g/mol. The summed E-state index contributed by atoms with van der Waals surface area (Å²) in [5, 5.41) is 10.6. The van der Waals surface area contributed by atoms with E-state index >= 15 is 0 Å². The predicted molar refractivity (Wildman–Crippen MR) is 109 cm³/mol. The van der Waals surface area contributed by atoms with Crippen LogP contribution in [0, 0.1) is 5.82 Å². The smallest absolute Gasteiger partial charge is 0.123 e. The number of piperazine rings is 1. The summed E-state index contributed by atoms with van der Waals surface area (Å²) >= 11 is 0. The minimum Gasteiger partial charge on any atom is -0.391 e. The lowest BCUT2D eigenvalue weighted by molar-refractivity contribution is -0.0594. The summed E-state index contributed by atoms with van der Waals surface area (Å²) in [6.45, 7) is 4.38. The second-order valence-corrected chi connectivity index (χ2v) is 7.87. The van der Waals surface area contributed by atoms with Crippen molar-refractivity contribution in [2.75, 3.05) is 31.1 Å². The molecule has 2 aromatic carbocycles. The molecule has 1 aliphatic heterocycles. The molecule has 0 bridgehead atoms. The van der Waals surface area contributed by atoms with Gasteiger partial charge in [0.2, 0.25) is 0 Å². The SMILES string of the molecule is O[C@@H]1CC[C@@H](OCc2ccc(F)cc2)C[C@H]1N1CCN(c2ccccc2)CC1. The number of aliphatic hydroxyl groups excluding tert-OH is 1. The Morgan fingerprint density at radius 1 is 0.929 bits per heavy atom. The third kappa shape index (κ3) is 4.72. The molecule has 150 valence electrons. The highest BCUT2D eigenvalue weighted by molar-refractivity contribution is 5.46. The second-order valence-electron chi connectivity index (χ2n) is 7.87. The quantitative estimate of drug-likeness (QED) is 0.857. The lowest BCUT2D eigenvalue weighted by Crippen LogP contribution is -2.56. The van der Waals surface area contributed by atoms with Crippen molar-refractivity contribution in [3.63, 3.8) is 0 Å². The van der Waals surface area contributed by atoms with E-state index in [0.717, 1.165) is 51.0 Å². The van der Waals surface area contributed by atoms with E-state index in [4.69, 9.17) is 4.74 Å². The van der Waals surface area contributed by atoms with Crippen LogP contribution in [0.3, 0.4) is 0 Å². The van der Waals surface area contributed by atoms with Gasteiger partial charge in [0.05, 0.1) is 18.8 Å². The van der Waals surface area contributed by atoms with Gasteiger partial charge >= 0.3 is 0 Å². The van der Waals surface area contributed by atoms with Gasteiger partial charge in [-0.25, -0.2) is 4.39 Å². The van der Waals surface area contributed by atoms with E-state index in [1.807, 2.05) is 6.07 Å². The number of hydrogen-bond acceptors (Lipinski definition) is 4. The Balaban J connectivity index is 1.29. The Labute approximate surface area is 166 Å². The number of ether oxygens (including phenoxy) is 1. The zero-order chi connectivity index (χ0) is 19.3. The number of aliphatic hydroxyl groups is 1. The average Bonchev–Trinajstić information content (AvgIpc) is 2.75. The minimum absolute atomic E-state index is 0.144. The van der Waals surface area contributed by atoms with Gasteiger partial charge < -0.3 is 14.7 Å². The molecule has 1 heterocycles. The number of hydrogen-bond donors (Lipinski definition) is 1. The van der Waals surface area contributed by atoms with Crippen LogP contribution in [0.2, 0.25) is 0 Å². The van der Waals surface area contributed by atoms with E-state index in [0.29, 0.717) is 6.61 Å². The fourth-order valence-corrected chi connectivity index (χ4v) is 4.38. The fourth-order valence-electron chi connectivity index (χ4n) is 4.38. The standard InChI is InChI=1S/C23H29FN2O2/c24-19-8-6-18(7-9-19)17-28-21-10-11-23(27)22(16-21)26-14-12-25(13-15-26)20-4-2-1-3-5-20/h1-9,21-23,27H,10-17H2/t21-,22-,23-/m1/s1. The number of rotatable bonds is 5. The van der Waals surface area contributed by atoms with Crippen molar-refractivity contribution in [3.8, 4) is 0 Å². The molecule has 5 heteroatoms. The van der Waals surface area contributed by atoms with Gasteiger partial charge in [0.1, 0.15) is 5.82 Å². The van der Waals surface area contributed by atoms with E-state index in [1.54, 1.807) is 12.1 Å². The summed E-state index contributed by atoms with van der Waals surface area (Å²) in [5.41, 5.74) is 2.26. The topological polar surface area (TPSA) is 35.9 Å². The summed E-state index contributed by atoms with van der Waals surface area (Å²) in [6, 6.07) is 17.2. The molecule has 28 heavy (non-hydrogen) atoms. The van der Waals surface area contributed by atoms with Gasteiger partial charge in [0, 0.05) is 37.9 Å². The van der Waals surface area contributed by atoms with Crippen LogP contribution in [0.1, 0.15) is 24.8 Å². The van der Waals surface area contributed by atoms with Crippen LogP contribution in [0.15, 0.2) is 54.6 Å². The lowest BCUT2D eigenvalue weighted by Gasteiger charge is -2.44. The zero-order valence-electron chi connectivity index (χ0n) is 16.2. The van der Waals surface area contributed by atoms with E-state index in [9.17, 15) is 9.50 Å². The van der Waals surface area contributed by atoms with Crippen LogP contribution in [0.25, 0.3) is 0 Å². The van der Waals surface area contributed by atoms with Gasteiger partial charge in [-0.05, 0) is 49.1 Å². The van der Waals surface area contributed by atoms with Crippen LogP contribution in [0.4, 0.5) is 10.1 Å². The summed E-state index contributed by atoms with van der Waals surface area (Å²) in [4.78, 5) is 4.84. The Kier molecular flexibility index (Phi) is 6.25. The first kappa shape index (κ1) is 19.4. The minimum atomic E-state index is -0.283. The van der Waals surface area contributed by atoms with Gasteiger partial charge in [0.25, 0.3) is 0 Å². The molecule has 2 fully saturated rings. The first-order valence-corrected chi connectivity index (χ1v) is 10.3. The molecule has 1 aliphatic carbocycles. The maximum atomic E-state index is 13.0. The van der Waals surface area contributed by atoms with E-state index in [2.05, 4.69) is 34.1 Å². The highest BCUT2D eigenvalue weighted by atomic mass is 19.1. The molecule has 0 aromatic heterocycles. The van der Waals surface area contributed by atoms with Crippen molar-refractivity contribution >= 4 is 5.69 Å². The Morgan fingerprint density at radius 3 is 2.36 bits per heavy atom. The molecule has 0 radical (unpaired) electrons. The molecule has 1 N–H and O–H groups in total. The van der Waals surface area contributed by atoms with Crippen molar-refractivity contribution < 1.29 is 14.2 Å². The first-order chi connectivity index (χ1) is 13.7. The van der Waals surface area contributed by atoms with Crippen LogP contribution in [0.5, 0.6) is 0 Å². The lowest BCUT2D eigenvalue weighted by atomic mass is 9.88. The monoisotopic (exact) mass is 384 g/mol. The Bertz CT molecular complexity index is 732. The molecule has 3 atom stereocenters. The van der Waals surface area contributed by atoms with Crippen LogP contribution in [-0.2, 0) is 11.3 Å². The Hall–Kier alpha value is -1.95. The molecule has 4 nitrogen and oxygen atoms in total. The molecule has 0 amide bonds. The summed E-state index contributed by atoms with van der Waals surface area (Å²) in [7, 11) is 0. The summed E-state index contributed by atoms with van der Waals surface area (Å²) in [5.74, 6) is -0.223. The van der Waals surface area contributed by atoms with Gasteiger partial charge in [-0.3, -0.25) is 4.90 Å². The van der Waals surface area contributed by atoms with Crippen molar-refractivity contribution in [2.24, 2.45) is 0 Å². The van der Waals surface area contributed by atoms with Crippen LogP contribution >= 0.6 is 0 Å². The molecule has 1 saturated carbocycles. The van der Waals surface area contributed by atoms with Crippen molar-refractivity contribution in [1.29, 1.82) is 0 Å². The highest BCUT2D eigenvalue weighted by Crippen LogP contribution is 2.28. The zero-order valence-corrected chi connectivity index (χ0v) is 16.2. The van der Waals surface area contributed by atoms with Gasteiger partial charge in [-0.15, -0.1) is 0 Å². The molecular formula is C23H29FN2O2. The van der Waals surface area contributed by atoms with Gasteiger partial charge in [-0.1, -0.05) is 30.3 Å². The maximum Gasteiger partial charge on any atom is 0.123 e. The molecule has 2 aromatic rings. The molecule has 4 rings (SSSR count). The van der Waals surface area contributed by atoms with Crippen molar-refractivity contribution in [2.45, 2.75) is 44.1 Å². The third-order valence-electron chi connectivity index (χ3n) is 6.04. The number of nitrogens with zero attached hydrogens (tertiary/aromatic N) is 2. The average molecular weight is 384 g/mol. The predicted octanol–water partition coefficient (Wildman–Crippen LogP) is 3.45. The van der Waals surface area contributed by atoms with E-state index in [1.165, 1.54) is 17.8 Å². The van der Waals surface area contributed by atoms with E-state index in [-0.39, 0.29) is 24.1 Å². The fraction of sp³-hybridized carbons (Fsp3) is 0.478. The number of para-hydroxylation sites is 1. The number of anilines is 1. The highest BCUT2D eigenvalue weighted by Gasteiger charge is 2.35. The summed E-state index contributed by atoms with van der Waals surface area (Å²) in [6.07, 6.45) is 2.37. The van der Waals surface area contributed by atoms with Gasteiger partial charge in [-0.2, -0.15) is 0 Å². The molecule has 0 spiro atoms. The normalized spacial score (nSPS) is 26.4. The second kappa shape index (κ2) is 9.03. The van der Waals surface area contributed by atoms with E-state index < -0.39 is 0 Å². The first-order valence-electron chi connectivity index (χ1n) is 10.3. The molecule has 0 unspecified atom stereocenters. The van der Waals surface area contributed by atoms with Gasteiger partial charge in [0.15, 0.2) is 0 Å². The van der Waals surface area contributed by atoms with Crippen molar-refractivity contribution in [3.05, 3.63) is 66.0 Å². The number of halogens is 1. The number of benzene rings is 2. The molecule has 1 saturated heterocycles. The molecule has 2 aliphatic rings. The van der Waals surface area contributed by atoms with Crippen LogP contribution in [-0.4, -0.2) is 54.4 Å². The summed E-state index contributed by atoms with van der Waals surface area (Å²) < 4.78 is 19.1. The van der Waals surface area contributed by atoms with Crippen LogP contribution < -0.4 is 4.90 Å². The Morgan fingerprint density at radius 2 is 1.64 bits per heavy atom. The maximum absolute atomic E-state index is 13.0. The third-order valence-corrected chi connectivity index (χ3v) is 6.04. The van der Waals surface area contributed by atoms with Crippen molar-refractivity contribution in [1.82, 2.24) is 4.90 Å². The largest absolute Gasteiger partial charge is 0.391 e.